The first kappa shape index (κ1) is 38.1. The van der Waals surface area contributed by atoms with Gasteiger partial charge in [-0.2, -0.15) is 31.4 Å². The number of carboxylic acids is 2. The summed E-state index contributed by atoms with van der Waals surface area (Å²) in [4.78, 5) is 32.7. The molecule has 1 aliphatic rings. The molecule has 0 bridgehead atoms. The highest BCUT2D eigenvalue weighted by Gasteiger charge is 2.38. The molecule has 5 N–H and O–H groups in total. The summed E-state index contributed by atoms with van der Waals surface area (Å²) >= 11 is 0. The van der Waals surface area contributed by atoms with Gasteiger partial charge in [-0.3, -0.25) is 10.00 Å². The SMILES string of the molecule is COc1ccccc1CNC(=O)Nc1ccc(-c2cn[nH]c2)cc1OCCN1CCOCC1.O=C(O)C(F)(F)F.O=C(O)C(F)(F)F. The zero-order chi connectivity index (χ0) is 35.0. The molecule has 4 rings (SSSR count). The minimum atomic E-state index is -5.08. The van der Waals surface area contributed by atoms with Crippen molar-refractivity contribution in [2.24, 2.45) is 0 Å². The number of methoxy groups -OCH3 is 1. The molecular formula is C28H31F6N5O8. The van der Waals surface area contributed by atoms with E-state index < -0.39 is 24.3 Å². The van der Waals surface area contributed by atoms with E-state index in [1.165, 1.54) is 0 Å². The average Bonchev–Trinajstić information content (AvgIpc) is 3.56. The molecule has 1 fully saturated rings. The Balaban J connectivity index is 0.000000459. The Morgan fingerprint density at radius 2 is 1.57 bits per heavy atom. The molecule has 0 saturated carbocycles. The van der Waals surface area contributed by atoms with Crippen molar-refractivity contribution in [1.82, 2.24) is 20.4 Å². The molecule has 0 aliphatic carbocycles. The summed E-state index contributed by atoms with van der Waals surface area (Å²) < 4.78 is 80.3. The second-order valence-corrected chi connectivity index (χ2v) is 9.23. The Kier molecular flexibility index (Phi) is 14.8. The quantitative estimate of drug-likeness (QED) is 0.204. The van der Waals surface area contributed by atoms with Gasteiger partial charge in [-0.25, -0.2) is 14.4 Å². The molecule has 1 aliphatic heterocycles. The maximum absolute atomic E-state index is 12.6. The van der Waals surface area contributed by atoms with Crippen LogP contribution in [0.2, 0.25) is 0 Å². The molecule has 0 unspecified atom stereocenters. The van der Waals surface area contributed by atoms with Crippen molar-refractivity contribution in [2.45, 2.75) is 18.9 Å². The number of aromatic nitrogens is 2. The number of carbonyl (C=O) groups is 3. The third kappa shape index (κ3) is 13.9. The van der Waals surface area contributed by atoms with E-state index in [9.17, 15) is 31.1 Å². The number of H-pyrrole nitrogens is 1. The number of nitrogens with one attached hydrogen (secondary N) is 3. The number of para-hydroxylation sites is 1. The van der Waals surface area contributed by atoms with Crippen LogP contribution >= 0.6 is 0 Å². The fourth-order valence-corrected chi connectivity index (χ4v) is 3.63. The van der Waals surface area contributed by atoms with E-state index in [2.05, 4.69) is 25.7 Å². The van der Waals surface area contributed by atoms with Crippen LogP contribution in [0.5, 0.6) is 11.5 Å². The molecule has 1 aromatic heterocycles. The first-order valence-electron chi connectivity index (χ1n) is 13.4. The number of benzene rings is 2. The molecule has 1 saturated heterocycles. The highest BCUT2D eigenvalue weighted by Crippen LogP contribution is 2.31. The number of anilines is 1. The minimum Gasteiger partial charge on any atom is -0.496 e. The highest BCUT2D eigenvalue weighted by atomic mass is 19.4. The lowest BCUT2D eigenvalue weighted by Crippen LogP contribution is -2.38. The maximum atomic E-state index is 12.6. The lowest BCUT2D eigenvalue weighted by molar-refractivity contribution is -0.193. The highest BCUT2D eigenvalue weighted by molar-refractivity contribution is 5.91. The zero-order valence-corrected chi connectivity index (χ0v) is 24.7. The standard InChI is InChI=1S/C24H29N5O4.2C2HF3O2/c1-31-22-5-3-2-4-19(22)15-25-24(30)28-21-7-6-18(20-16-26-27-17-20)14-23(21)33-13-10-29-8-11-32-12-9-29;2*3-2(4,5)1(6)7/h2-7,14,16-17H,8-13,15H2,1H3,(H,26,27)(H2,25,28,30);2*(H,6,7). The van der Waals surface area contributed by atoms with Gasteiger partial charge in [0, 0.05) is 43.5 Å². The van der Waals surface area contributed by atoms with Crippen LogP contribution in [0.15, 0.2) is 54.9 Å². The Labute approximate surface area is 263 Å². The van der Waals surface area contributed by atoms with E-state index in [0.29, 0.717) is 24.6 Å². The summed E-state index contributed by atoms with van der Waals surface area (Å²) in [7, 11) is 1.61. The average molecular weight is 680 g/mol. The number of carbonyl (C=O) groups excluding carboxylic acids is 1. The van der Waals surface area contributed by atoms with E-state index in [1.54, 1.807) is 13.3 Å². The molecule has 13 nitrogen and oxygen atoms in total. The summed E-state index contributed by atoms with van der Waals surface area (Å²) in [6.07, 6.45) is -6.60. The molecule has 2 amide bonds. The molecule has 2 aromatic carbocycles. The van der Waals surface area contributed by atoms with Gasteiger partial charge in [-0.1, -0.05) is 24.3 Å². The normalized spacial score (nSPS) is 13.2. The predicted molar refractivity (Wildman–Crippen MR) is 153 cm³/mol. The van der Waals surface area contributed by atoms with Gasteiger partial charge in [-0.05, 0) is 23.8 Å². The molecular weight excluding hydrogens is 648 g/mol. The van der Waals surface area contributed by atoms with Gasteiger partial charge < -0.3 is 35.1 Å². The van der Waals surface area contributed by atoms with Gasteiger partial charge in [0.05, 0.1) is 32.2 Å². The zero-order valence-electron chi connectivity index (χ0n) is 24.7. The number of amides is 2. The smallest absolute Gasteiger partial charge is 0.490 e. The Morgan fingerprint density at radius 1 is 0.957 bits per heavy atom. The van der Waals surface area contributed by atoms with Crippen LogP contribution in [-0.4, -0.2) is 102 Å². The maximum Gasteiger partial charge on any atom is 0.490 e. The van der Waals surface area contributed by atoms with Gasteiger partial charge in [0.25, 0.3) is 0 Å². The number of aliphatic carboxylic acids is 2. The molecule has 47 heavy (non-hydrogen) atoms. The number of alkyl halides is 6. The summed E-state index contributed by atoms with van der Waals surface area (Å²) in [5, 5.41) is 26.9. The van der Waals surface area contributed by atoms with Gasteiger partial charge >= 0.3 is 30.3 Å². The molecule has 258 valence electrons. The van der Waals surface area contributed by atoms with Crippen molar-refractivity contribution < 1.29 is 65.1 Å². The van der Waals surface area contributed by atoms with Crippen molar-refractivity contribution in [2.75, 3.05) is 51.9 Å². The number of ether oxygens (including phenoxy) is 3. The molecule has 0 spiro atoms. The van der Waals surface area contributed by atoms with Crippen molar-refractivity contribution in [3.8, 4) is 22.6 Å². The van der Waals surface area contributed by atoms with E-state index in [1.807, 2.05) is 48.7 Å². The predicted octanol–water partition coefficient (Wildman–Crippen LogP) is 4.38. The Morgan fingerprint density at radius 3 is 2.13 bits per heavy atom. The fraction of sp³-hybridized carbons (Fsp3) is 0.357. The van der Waals surface area contributed by atoms with Gasteiger partial charge in [0.1, 0.15) is 18.1 Å². The lowest BCUT2D eigenvalue weighted by Gasteiger charge is -2.26. The van der Waals surface area contributed by atoms with Crippen LogP contribution in [0.3, 0.4) is 0 Å². The number of hydrogen-bond donors (Lipinski definition) is 5. The third-order valence-corrected chi connectivity index (χ3v) is 5.95. The number of halogens is 6. The van der Waals surface area contributed by atoms with E-state index >= 15 is 0 Å². The van der Waals surface area contributed by atoms with Crippen LogP contribution in [0.1, 0.15) is 5.56 Å². The number of nitrogens with zero attached hydrogens (tertiary/aromatic N) is 2. The first-order chi connectivity index (χ1) is 22.1. The van der Waals surface area contributed by atoms with Crippen LogP contribution in [0.25, 0.3) is 11.1 Å². The number of hydrogen-bond acceptors (Lipinski definition) is 8. The number of urea groups is 1. The molecule has 19 heteroatoms. The fourth-order valence-electron chi connectivity index (χ4n) is 3.63. The first-order valence-corrected chi connectivity index (χ1v) is 13.4. The molecule has 0 atom stereocenters. The van der Waals surface area contributed by atoms with E-state index in [4.69, 9.17) is 34.0 Å². The van der Waals surface area contributed by atoms with Crippen molar-refractivity contribution in [1.29, 1.82) is 0 Å². The number of aromatic amines is 1. The largest absolute Gasteiger partial charge is 0.496 e. The van der Waals surface area contributed by atoms with Crippen molar-refractivity contribution in [3.05, 3.63) is 60.4 Å². The number of rotatable bonds is 9. The van der Waals surface area contributed by atoms with Crippen molar-refractivity contribution >= 4 is 23.7 Å². The van der Waals surface area contributed by atoms with Crippen LogP contribution in [0.4, 0.5) is 36.8 Å². The van der Waals surface area contributed by atoms with Gasteiger partial charge in [0.2, 0.25) is 0 Å². The van der Waals surface area contributed by atoms with Crippen molar-refractivity contribution in [3.63, 3.8) is 0 Å². The van der Waals surface area contributed by atoms with Gasteiger partial charge in [0.15, 0.2) is 0 Å². The molecule has 2 heterocycles. The Hall–Kier alpha value is -5.04. The summed E-state index contributed by atoms with van der Waals surface area (Å²) in [5.74, 6) is -4.18. The monoisotopic (exact) mass is 679 g/mol. The molecule has 3 aromatic rings. The number of morpholine rings is 1. The van der Waals surface area contributed by atoms with Crippen LogP contribution in [-0.2, 0) is 20.9 Å². The summed E-state index contributed by atoms with van der Waals surface area (Å²) in [6.45, 7) is 4.93. The summed E-state index contributed by atoms with van der Waals surface area (Å²) in [6, 6.07) is 12.9. The van der Waals surface area contributed by atoms with E-state index in [-0.39, 0.29) is 6.03 Å². The van der Waals surface area contributed by atoms with Gasteiger partial charge in [-0.15, -0.1) is 0 Å². The van der Waals surface area contributed by atoms with Crippen LogP contribution < -0.4 is 20.1 Å². The third-order valence-electron chi connectivity index (χ3n) is 5.95. The second-order valence-electron chi connectivity index (χ2n) is 9.23. The van der Waals surface area contributed by atoms with E-state index in [0.717, 1.165) is 55.3 Å². The number of carboxylic acid groups (broad SMARTS) is 2. The van der Waals surface area contributed by atoms with Crippen LogP contribution in [0, 0.1) is 0 Å². The lowest BCUT2D eigenvalue weighted by atomic mass is 10.1. The second kappa shape index (κ2) is 18.2. The molecule has 0 radical (unpaired) electrons. The topological polar surface area (TPSA) is 175 Å². The Bertz CT molecular complexity index is 1410. The minimum absolute atomic E-state index is 0.324. The summed E-state index contributed by atoms with van der Waals surface area (Å²) in [5.41, 5.74) is 3.39.